The fourth-order valence-corrected chi connectivity index (χ4v) is 3.88. The molecule has 28 heavy (non-hydrogen) atoms. The largest absolute Gasteiger partial charge is 0.493 e. The van der Waals surface area contributed by atoms with Crippen molar-refractivity contribution in [3.63, 3.8) is 0 Å². The summed E-state index contributed by atoms with van der Waals surface area (Å²) >= 11 is 6.17. The number of amides is 1. The lowest BCUT2D eigenvalue weighted by atomic mass is 9.94. The number of para-hydroxylation sites is 1. The highest BCUT2D eigenvalue weighted by Gasteiger charge is 2.60. The molecule has 2 unspecified atom stereocenters. The van der Waals surface area contributed by atoms with Gasteiger partial charge in [-0.1, -0.05) is 23.7 Å². The summed E-state index contributed by atoms with van der Waals surface area (Å²) in [4.78, 5) is 13.1. The Morgan fingerprint density at radius 1 is 1.18 bits per heavy atom. The van der Waals surface area contributed by atoms with E-state index in [0.717, 1.165) is 5.56 Å². The molecule has 0 spiro atoms. The number of benzene rings is 2. The molecule has 1 amide bonds. The molecule has 1 saturated carbocycles. The van der Waals surface area contributed by atoms with Gasteiger partial charge < -0.3 is 24.6 Å². The highest BCUT2D eigenvalue weighted by Crippen LogP contribution is 2.63. The fraction of sp³-hybridized carbons (Fsp3) is 0.381. The first-order valence-corrected chi connectivity index (χ1v) is 9.35. The van der Waals surface area contributed by atoms with Gasteiger partial charge in [-0.05, 0) is 48.6 Å². The molecule has 2 aromatic carbocycles. The van der Waals surface area contributed by atoms with Crippen LogP contribution < -0.4 is 19.5 Å². The lowest BCUT2D eigenvalue weighted by Gasteiger charge is -2.19. The van der Waals surface area contributed by atoms with Gasteiger partial charge in [-0.3, -0.25) is 4.79 Å². The third-order valence-corrected chi connectivity index (χ3v) is 5.63. The molecule has 1 aliphatic carbocycles. The van der Waals surface area contributed by atoms with E-state index >= 15 is 0 Å². The van der Waals surface area contributed by atoms with Crippen LogP contribution in [-0.4, -0.2) is 38.9 Å². The Morgan fingerprint density at radius 3 is 2.36 bits per heavy atom. The summed E-state index contributed by atoms with van der Waals surface area (Å²) in [6, 6.07) is 10.8. The van der Waals surface area contributed by atoms with Crippen LogP contribution in [0.2, 0.25) is 5.02 Å². The molecule has 2 N–H and O–H groups in total. The van der Waals surface area contributed by atoms with E-state index < -0.39 is 5.41 Å². The van der Waals surface area contributed by atoms with E-state index in [2.05, 4.69) is 5.32 Å². The lowest BCUT2D eigenvalue weighted by Crippen LogP contribution is -2.27. The van der Waals surface area contributed by atoms with Gasteiger partial charge in [-0.25, -0.2) is 0 Å². The number of nitrogens with one attached hydrogen (secondary N) is 1. The topological polar surface area (TPSA) is 77.0 Å². The van der Waals surface area contributed by atoms with E-state index in [0.29, 0.717) is 40.8 Å². The van der Waals surface area contributed by atoms with Crippen LogP contribution in [-0.2, 0) is 4.79 Å². The number of aliphatic hydroxyl groups excluding tert-OH is 1. The van der Waals surface area contributed by atoms with Crippen LogP contribution in [0.5, 0.6) is 17.2 Å². The monoisotopic (exact) mass is 405 g/mol. The summed E-state index contributed by atoms with van der Waals surface area (Å²) in [7, 11) is 4.66. The van der Waals surface area contributed by atoms with Crippen molar-refractivity contribution in [3.05, 3.63) is 47.0 Å². The number of carbonyl (C=O) groups excluding carboxylic acids is 1. The van der Waals surface area contributed by atoms with Gasteiger partial charge in [0.15, 0.2) is 11.5 Å². The van der Waals surface area contributed by atoms with E-state index in [9.17, 15) is 9.90 Å². The SMILES string of the molecule is COc1cc(C2CC2(CCO)C(=O)Nc2ccccc2Cl)cc(OC)c1OC. The standard InChI is InChI=1S/C21H24ClNO5/c1-26-17-10-13(11-18(27-2)19(17)28-3)14-12-21(14,8-9-24)20(25)23-16-7-5-4-6-15(16)22/h4-7,10-11,14,24H,8-9,12H2,1-3H3,(H,23,25). The Labute approximate surface area is 169 Å². The number of hydrogen-bond donors (Lipinski definition) is 2. The number of hydrogen-bond acceptors (Lipinski definition) is 5. The molecule has 0 radical (unpaired) electrons. The maximum Gasteiger partial charge on any atom is 0.231 e. The van der Waals surface area contributed by atoms with E-state index in [-0.39, 0.29) is 18.4 Å². The molecule has 0 aliphatic heterocycles. The first-order chi connectivity index (χ1) is 13.5. The Bertz CT molecular complexity index is 847. The van der Waals surface area contributed by atoms with Crippen LogP contribution in [0.3, 0.4) is 0 Å². The van der Waals surface area contributed by atoms with Gasteiger partial charge in [0.25, 0.3) is 0 Å². The predicted molar refractivity (Wildman–Crippen MR) is 108 cm³/mol. The summed E-state index contributed by atoms with van der Waals surface area (Å²) < 4.78 is 16.2. The molecule has 1 aliphatic rings. The zero-order valence-electron chi connectivity index (χ0n) is 16.1. The third-order valence-electron chi connectivity index (χ3n) is 5.30. The van der Waals surface area contributed by atoms with Crippen molar-refractivity contribution in [1.82, 2.24) is 0 Å². The Hall–Kier alpha value is -2.44. The predicted octanol–water partition coefficient (Wildman–Crippen LogP) is 3.86. The van der Waals surface area contributed by atoms with E-state index in [1.54, 1.807) is 39.5 Å². The van der Waals surface area contributed by atoms with Crippen molar-refractivity contribution in [1.29, 1.82) is 0 Å². The molecule has 0 saturated heterocycles. The summed E-state index contributed by atoms with van der Waals surface area (Å²) in [5.74, 6) is 1.34. The molecule has 0 heterocycles. The number of methoxy groups -OCH3 is 3. The van der Waals surface area contributed by atoms with Gasteiger partial charge in [0, 0.05) is 6.61 Å². The molecular weight excluding hydrogens is 382 g/mol. The number of halogens is 1. The van der Waals surface area contributed by atoms with Gasteiger partial charge in [0.05, 0.1) is 37.5 Å². The molecule has 0 bridgehead atoms. The molecule has 1 fully saturated rings. The van der Waals surface area contributed by atoms with Crippen LogP contribution in [0.4, 0.5) is 5.69 Å². The van der Waals surface area contributed by atoms with Gasteiger partial charge in [0.2, 0.25) is 11.7 Å². The minimum Gasteiger partial charge on any atom is -0.493 e. The van der Waals surface area contributed by atoms with E-state index in [4.69, 9.17) is 25.8 Å². The molecule has 7 heteroatoms. The van der Waals surface area contributed by atoms with Crippen molar-refractivity contribution < 1.29 is 24.1 Å². The van der Waals surface area contributed by atoms with Crippen LogP contribution in [0.25, 0.3) is 0 Å². The Balaban J connectivity index is 1.91. The van der Waals surface area contributed by atoms with Crippen molar-refractivity contribution in [2.75, 3.05) is 33.3 Å². The Morgan fingerprint density at radius 2 is 1.82 bits per heavy atom. The zero-order chi connectivity index (χ0) is 20.3. The quantitative estimate of drug-likeness (QED) is 0.697. The third kappa shape index (κ3) is 3.62. The van der Waals surface area contributed by atoms with Gasteiger partial charge in [0.1, 0.15) is 0 Å². The van der Waals surface area contributed by atoms with Crippen LogP contribution in [0, 0.1) is 5.41 Å². The highest BCUT2D eigenvalue weighted by atomic mass is 35.5. The second kappa shape index (κ2) is 8.29. The summed E-state index contributed by atoms with van der Waals surface area (Å²) in [5.41, 5.74) is 0.748. The van der Waals surface area contributed by atoms with Crippen LogP contribution in [0.1, 0.15) is 24.3 Å². The molecule has 3 rings (SSSR count). The van der Waals surface area contributed by atoms with Crippen molar-refractivity contribution >= 4 is 23.2 Å². The van der Waals surface area contributed by atoms with Crippen molar-refractivity contribution in [2.24, 2.45) is 5.41 Å². The van der Waals surface area contributed by atoms with Gasteiger partial charge >= 0.3 is 0 Å². The minimum absolute atomic E-state index is 0.0733. The molecule has 6 nitrogen and oxygen atoms in total. The second-order valence-corrected chi connectivity index (χ2v) is 7.19. The van der Waals surface area contributed by atoms with Crippen molar-refractivity contribution in [3.8, 4) is 17.2 Å². The summed E-state index contributed by atoms with van der Waals surface area (Å²) in [6.45, 7) is -0.0864. The van der Waals surface area contributed by atoms with Crippen LogP contribution >= 0.6 is 11.6 Å². The number of aliphatic hydroxyl groups is 1. The lowest BCUT2D eigenvalue weighted by molar-refractivity contribution is -0.121. The second-order valence-electron chi connectivity index (χ2n) is 6.78. The van der Waals surface area contributed by atoms with Gasteiger partial charge in [-0.15, -0.1) is 0 Å². The maximum absolute atomic E-state index is 13.1. The number of ether oxygens (including phenoxy) is 3. The number of rotatable bonds is 8. The van der Waals surface area contributed by atoms with Crippen molar-refractivity contribution in [2.45, 2.75) is 18.8 Å². The average Bonchev–Trinajstić information content (AvgIpc) is 3.44. The molecule has 150 valence electrons. The Kier molecular flexibility index (Phi) is 6.01. The zero-order valence-corrected chi connectivity index (χ0v) is 16.9. The molecule has 2 atom stereocenters. The number of anilines is 1. The maximum atomic E-state index is 13.1. The molecule has 0 aromatic heterocycles. The first-order valence-electron chi connectivity index (χ1n) is 8.97. The first kappa shape index (κ1) is 20.3. The summed E-state index contributed by atoms with van der Waals surface area (Å²) in [5, 5.41) is 13.0. The average molecular weight is 406 g/mol. The minimum atomic E-state index is -0.710. The number of carbonyl (C=O) groups is 1. The summed E-state index contributed by atoms with van der Waals surface area (Å²) in [6.07, 6.45) is 0.965. The molecule has 2 aromatic rings. The smallest absolute Gasteiger partial charge is 0.231 e. The molecular formula is C21H24ClNO5. The van der Waals surface area contributed by atoms with E-state index in [1.807, 2.05) is 18.2 Å². The highest BCUT2D eigenvalue weighted by molar-refractivity contribution is 6.33. The van der Waals surface area contributed by atoms with E-state index in [1.165, 1.54) is 0 Å². The fourth-order valence-electron chi connectivity index (χ4n) is 3.69. The normalized spacial score (nSPS) is 20.4. The van der Waals surface area contributed by atoms with Crippen LogP contribution in [0.15, 0.2) is 36.4 Å². The van der Waals surface area contributed by atoms with Gasteiger partial charge in [-0.2, -0.15) is 0 Å².